The second kappa shape index (κ2) is 19.7. The molecule has 3 aromatic carbocycles. The van der Waals surface area contributed by atoms with Gasteiger partial charge in [0.25, 0.3) is 0 Å². The van der Waals surface area contributed by atoms with Gasteiger partial charge in [0.1, 0.15) is 11.5 Å². The van der Waals surface area contributed by atoms with E-state index in [1.807, 2.05) is 0 Å². The minimum absolute atomic E-state index is 0.337. The molecule has 0 aliphatic rings. The number of esters is 1. The molecular formula is C37H50O4. The minimum Gasteiger partial charge on any atom is -0.494 e. The molecule has 0 unspecified atom stereocenters. The van der Waals surface area contributed by atoms with Gasteiger partial charge in [-0.05, 0) is 71.5 Å². The fourth-order valence-electron chi connectivity index (χ4n) is 5.00. The number of hydrogen-bond donors (Lipinski definition) is 0. The van der Waals surface area contributed by atoms with Crippen LogP contribution in [0, 0.1) is 0 Å². The Bertz CT molecular complexity index is 1150. The Morgan fingerprint density at radius 2 is 1.07 bits per heavy atom. The Morgan fingerprint density at radius 3 is 1.71 bits per heavy atom. The van der Waals surface area contributed by atoms with Crippen LogP contribution in [-0.4, -0.2) is 25.8 Å². The maximum absolute atomic E-state index is 11.0. The van der Waals surface area contributed by atoms with E-state index in [4.69, 9.17) is 14.2 Å². The van der Waals surface area contributed by atoms with Crippen molar-refractivity contribution in [2.45, 2.75) is 96.8 Å². The lowest BCUT2D eigenvalue weighted by Crippen LogP contribution is -2.01. The molecule has 0 radical (unpaired) electrons. The monoisotopic (exact) mass is 558 g/mol. The number of benzene rings is 3. The lowest BCUT2D eigenvalue weighted by molar-refractivity contribution is -0.137. The Morgan fingerprint density at radius 1 is 0.585 bits per heavy atom. The molecule has 0 N–H and O–H groups in total. The zero-order valence-corrected chi connectivity index (χ0v) is 25.2. The van der Waals surface area contributed by atoms with Gasteiger partial charge in [-0.2, -0.15) is 0 Å². The van der Waals surface area contributed by atoms with E-state index in [0.29, 0.717) is 6.61 Å². The molecule has 4 heteroatoms. The number of hydrogen-bond acceptors (Lipinski definition) is 4. The molecule has 0 atom stereocenters. The Labute approximate surface area is 248 Å². The van der Waals surface area contributed by atoms with Crippen molar-refractivity contribution in [3.05, 3.63) is 73.3 Å². The standard InChI is InChI=1S/C37H50O4/c1-3-5-6-7-8-9-12-15-26-39-35-23-20-31(21-24-35)32-18-19-34-30-36(25-22-33(34)29-32)40-27-16-13-10-11-14-17-28-41-37(38)4-2/h4,18-25,29-30H,2-3,5-17,26-28H2,1H3. The minimum atomic E-state index is -0.337. The van der Waals surface area contributed by atoms with E-state index in [-0.39, 0.29) is 5.97 Å². The van der Waals surface area contributed by atoms with E-state index in [0.717, 1.165) is 63.2 Å². The van der Waals surface area contributed by atoms with Gasteiger partial charge in [0, 0.05) is 6.08 Å². The summed E-state index contributed by atoms with van der Waals surface area (Å²) in [6.07, 6.45) is 18.2. The lowest BCUT2D eigenvalue weighted by atomic mass is 10.0. The van der Waals surface area contributed by atoms with Gasteiger partial charge in [-0.3, -0.25) is 0 Å². The van der Waals surface area contributed by atoms with Crippen LogP contribution in [0.3, 0.4) is 0 Å². The number of ether oxygens (including phenoxy) is 3. The molecule has 0 saturated heterocycles. The number of rotatable bonds is 22. The highest BCUT2D eigenvalue weighted by molar-refractivity contribution is 5.88. The first kappa shape index (κ1) is 32.2. The first-order valence-corrected chi connectivity index (χ1v) is 15.9. The van der Waals surface area contributed by atoms with E-state index in [2.05, 4.69) is 74.2 Å². The lowest BCUT2D eigenvalue weighted by Gasteiger charge is -2.10. The number of fused-ring (bicyclic) bond motifs is 1. The summed E-state index contributed by atoms with van der Waals surface area (Å²) in [7, 11) is 0. The summed E-state index contributed by atoms with van der Waals surface area (Å²) in [6, 6.07) is 21.4. The van der Waals surface area contributed by atoms with E-state index >= 15 is 0 Å². The van der Waals surface area contributed by atoms with Crippen LogP contribution in [0.5, 0.6) is 11.5 Å². The van der Waals surface area contributed by atoms with Gasteiger partial charge in [0.05, 0.1) is 19.8 Å². The van der Waals surface area contributed by atoms with Crippen molar-refractivity contribution in [1.82, 2.24) is 0 Å². The SMILES string of the molecule is C=CC(=O)OCCCCCCCCOc1ccc2cc(-c3ccc(OCCCCCCCCCC)cc3)ccc2c1. The van der Waals surface area contributed by atoms with Crippen LogP contribution in [0.1, 0.15) is 96.8 Å². The van der Waals surface area contributed by atoms with Crippen molar-refractivity contribution in [1.29, 1.82) is 0 Å². The van der Waals surface area contributed by atoms with E-state index < -0.39 is 0 Å². The normalized spacial score (nSPS) is 11.0. The molecule has 0 bridgehead atoms. The highest BCUT2D eigenvalue weighted by Gasteiger charge is 2.04. The highest BCUT2D eigenvalue weighted by Crippen LogP contribution is 2.28. The van der Waals surface area contributed by atoms with Crippen LogP contribution in [0.25, 0.3) is 21.9 Å². The third-order valence-electron chi connectivity index (χ3n) is 7.48. The molecule has 3 aromatic rings. The maximum atomic E-state index is 11.0. The van der Waals surface area contributed by atoms with Crippen LogP contribution in [0.2, 0.25) is 0 Å². The van der Waals surface area contributed by atoms with Gasteiger partial charge in [-0.1, -0.05) is 114 Å². The largest absolute Gasteiger partial charge is 0.494 e. The molecule has 222 valence electrons. The van der Waals surface area contributed by atoms with Crippen molar-refractivity contribution in [3.8, 4) is 22.6 Å². The summed E-state index contributed by atoms with van der Waals surface area (Å²) in [5.41, 5.74) is 2.41. The molecule has 0 saturated carbocycles. The Balaban J connectivity index is 1.32. The van der Waals surface area contributed by atoms with Crippen LogP contribution in [0.4, 0.5) is 0 Å². The van der Waals surface area contributed by atoms with E-state index in [1.165, 1.54) is 79.3 Å². The molecule has 0 aliphatic carbocycles. The number of carbonyl (C=O) groups excluding carboxylic acids is 1. The smallest absolute Gasteiger partial charge is 0.330 e. The summed E-state index contributed by atoms with van der Waals surface area (Å²) >= 11 is 0. The first-order chi connectivity index (χ1) is 20.2. The molecular weight excluding hydrogens is 508 g/mol. The van der Waals surface area contributed by atoms with Gasteiger partial charge in [0.2, 0.25) is 0 Å². The maximum Gasteiger partial charge on any atom is 0.330 e. The van der Waals surface area contributed by atoms with Crippen LogP contribution in [-0.2, 0) is 9.53 Å². The topological polar surface area (TPSA) is 44.8 Å². The highest BCUT2D eigenvalue weighted by atomic mass is 16.5. The second-order valence-electron chi connectivity index (χ2n) is 10.9. The van der Waals surface area contributed by atoms with Crippen molar-refractivity contribution in [3.63, 3.8) is 0 Å². The predicted molar refractivity (Wildman–Crippen MR) is 172 cm³/mol. The molecule has 0 aliphatic heterocycles. The van der Waals surface area contributed by atoms with Crippen LogP contribution >= 0.6 is 0 Å². The Hall–Kier alpha value is -3.27. The summed E-state index contributed by atoms with van der Waals surface area (Å²) in [4.78, 5) is 11.0. The number of carbonyl (C=O) groups is 1. The van der Waals surface area contributed by atoms with E-state index in [1.54, 1.807) is 0 Å². The van der Waals surface area contributed by atoms with E-state index in [9.17, 15) is 4.79 Å². The summed E-state index contributed by atoms with van der Waals surface area (Å²) in [6.45, 7) is 7.68. The fraction of sp³-hybridized carbons (Fsp3) is 0.486. The predicted octanol–water partition coefficient (Wildman–Crippen LogP) is 10.5. The fourth-order valence-corrected chi connectivity index (χ4v) is 5.00. The summed E-state index contributed by atoms with van der Waals surface area (Å²) in [5.74, 6) is 1.54. The molecule has 3 rings (SSSR count). The van der Waals surface area contributed by atoms with Crippen LogP contribution in [0.15, 0.2) is 73.3 Å². The average Bonchev–Trinajstić information content (AvgIpc) is 3.01. The van der Waals surface area contributed by atoms with Gasteiger partial charge in [0.15, 0.2) is 0 Å². The van der Waals surface area contributed by atoms with Gasteiger partial charge in [-0.15, -0.1) is 0 Å². The van der Waals surface area contributed by atoms with Crippen LogP contribution < -0.4 is 9.47 Å². The van der Waals surface area contributed by atoms with Crippen molar-refractivity contribution in [2.75, 3.05) is 19.8 Å². The molecule has 4 nitrogen and oxygen atoms in total. The summed E-state index contributed by atoms with van der Waals surface area (Å²) in [5, 5.41) is 2.40. The molecule has 0 amide bonds. The van der Waals surface area contributed by atoms with Crippen molar-refractivity contribution < 1.29 is 19.0 Å². The first-order valence-electron chi connectivity index (χ1n) is 15.9. The van der Waals surface area contributed by atoms with Crippen molar-refractivity contribution >= 4 is 16.7 Å². The number of unbranched alkanes of at least 4 members (excludes halogenated alkanes) is 12. The Kier molecular flexibility index (Phi) is 15.5. The zero-order chi connectivity index (χ0) is 29.0. The average molecular weight is 559 g/mol. The quantitative estimate of drug-likeness (QED) is 0.0699. The summed E-state index contributed by atoms with van der Waals surface area (Å²) < 4.78 is 17.0. The third kappa shape index (κ3) is 12.8. The second-order valence-corrected chi connectivity index (χ2v) is 10.9. The van der Waals surface area contributed by atoms with Gasteiger partial charge >= 0.3 is 5.97 Å². The van der Waals surface area contributed by atoms with Gasteiger partial charge < -0.3 is 14.2 Å². The molecule has 0 heterocycles. The van der Waals surface area contributed by atoms with Gasteiger partial charge in [-0.25, -0.2) is 4.79 Å². The molecule has 0 spiro atoms. The van der Waals surface area contributed by atoms with Crippen molar-refractivity contribution in [2.24, 2.45) is 0 Å². The molecule has 0 fully saturated rings. The zero-order valence-electron chi connectivity index (χ0n) is 25.2. The molecule has 41 heavy (non-hydrogen) atoms. The third-order valence-corrected chi connectivity index (χ3v) is 7.48. The molecule has 0 aromatic heterocycles.